The molecule has 0 aromatic heterocycles. The van der Waals surface area contributed by atoms with E-state index < -0.39 is 20.0 Å². The van der Waals surface area contributed by atoms with Gasteiger partial charge in [0, 0.05) is 12.6 Å². The first kappa shape index (κ1) is 21.6. The number of benzene rings is 2. The van der Waals surface area contributed by atoms with E-state index in [9.17, 15) is 16.8 Å². The molecule has 158 valence electrons. The van der Waals surface area contributed by atoms with Crippen LogP contribution >= 0.6 is 0 Å². The average molecular weight is 441 g/mol. The van der Waals surface area contributed by atoms with Crippen molar-refractivity contribution in [3.8, 4) is 11.5 Å². The molecule has 3 rings (SSSR count). The smallest absolute Gasteiger partial charge is 0.240 e. The lowest BCUT2D eigenvalue weighted by Gasteiger charge is -2.11. The Labute approximate surface area is 171 Å². The van der Waals surface area contributed by atoms with Gasteiger partial charge in [-0.1, -0.05) is 6.07 Å². The zero-order valence-corrected chi connectivity index (χ0v) is 17.8. The molecule has 2 aromatic carbocycles. The summed E-state index contributed by atoms with van der Waals surface area (Å²) in [6, 6.07) is 10.6. The summed E-state index contributed by atoms with van der Waals surface area (Å²) < 4.78 is 64.8. The molecule has 0 aliphatic heterocycles. The van der Waals surface area contributed by atoms with Crippen molar-refractivity contribution < 1.29 is 26.3 Å². The summed E-state index contributed by atoms with van der Waals surface area (Å²) >= 11 is 0. The molecular formula is C19H24N2O6S2. The minimum Gasteiger partial charge on any atom is -0.493 e. The second kappa shape index (κ2) is 8.70. The van der Waals surface area contributed by atoms with Crippen molar-refractivity contribution in [1.82, 2.24) is 9.44 Å². The van der Waals surface area contributed by atoms with E-state index in [1.165, 1.54) is 31.4 Å². The van der Waals surface area contributed by atoms with Crippen LogP contribution in [-0.4, -0.2) is 43.6 Å². The Bertz CT molecular complexity index is 1060. The Morgan fingerprint density at radius 2 is 1.45 bits per heavy atom. The summed E-state index contributed by atoms with van der Waals surface area (Å²) in [5.41, 5.74) is 0.887. The lowest BCUT2D eigenvalue weighted by atomic mass is 10.1. The van der Waals surface area contributed by atoms with Crippen molar-refractivity contribution in [2.75, 3.05) is 20.8 Å². The number of rotatable bonds is 10. The number of ether oxygens (including phenoxy) is 2. The van der Waals surface area contributed by atoms with Gasteiger partial charge in [-0.15, -0.1) is 0 Å². The van der Waals surface area contributed by atoms with Crippen LogP contribution < -0.4 is 18.9 Å². The molecule has 0 atom stereocenters. The van der Waals surface area contributed by atoms with E-state index in [-0.39, 0.29) is 22.4 Å². The van der Waals surface area contributed by atoms with Crippen LogP contribution in [0.25, 0.3) is 0 Å². The topological polar surface area (TPSA) is 111 Å². The molecule has 0 spiro atoms. The summed E-state index contributed by atoms with van der Waals surface area (Å²) in [4.78, 5) is 0.0591. The number of sulfonamides is 2. The fourth-order valence-corrected chi connectivity index (χ4v) is 5.07. The maximum absolute atomic E-state index is 12.5. The highest BCUT2D eigenvalue weighted by Crippen LogP contribution is 2.27. The largest absolute Gasteiger partial charge is 0.493 e. The van der Waals surface area contributed by atoms with Gasteiger partial charge in [0.15, 0.2) is 11.5 Å². The quantitative estimate of drug-likeness (QED) is 0.581. The highest BCUT2D eigenvalue weighted by Gasteiger charge is 2.28. The van der Waals surface area contributed by atoms with E-state index in [0.717, 1.165) is 18.4 Å². The molecule has 0 unspecified atom stereocenters. The van der Waals surface area contributed by atoms with E-state index in [0.29, 0.717) is 17.9 Å². The van der Waals surface area contributed by atoms with Crippen molar-refractivity contribution in [3.05, 3.63) is 48.0 Å². The second-order valence-corrected chi connectivity index (χ2v) is 10.2. The summed E-state index contributed by atoms with van der Waals surface area (Å²) in [6.07, 6.45) is 2.11. The Morgan fingerprint density at radius 1 is 0.862 bits per heavy atom. The van der Waals surface area contributed by atoms with Crippen molar-refractivity contribution >= 4 is 20.0 Å². The van der Waals surface area contributed by atoms with E-state index in [1.807, 2.05) is 6.07 Å². The predicted molar refractivity (Wildman–Crippen MR) is 108 cm³/mol. The molecule has 1 fully saturated rings. The van der Waals surface area contributed by atoms with Crippen molar-refractivity contribution in [2.24, 2.45) is 0 Å². The van der Waals surface area contributed by atoms with Gasteiger partial charge >= 0.3 is 0 Å². The molecule has 1 aliphatic carbocycles. The third-order valence-electron chi connectivity index (χ3n) is 4.50. The number of hydrogen-bond donors (Lipinski definition) is 2. The fourth-order valence-electron chi connectivity index (χ4n) is 2.74. The molecule has 2 N–H and O–H groups in total. The van der Waals surface area contributed by atoms with E-state index in [4.69, 9.17) is 9.47 Å². The van der Waals surface area contributed by atoms with Gasteiger partial charge in [-0.2, -0.15) is 0 Å². The van der Waals surface area contributed by atoms with Crippen molar-refractivity contribution in [1.29, 1.82) is 0 Å². The Morgan fingerprint density at radius 3 is 2.00 bits per heavy atom. The normalized spacial score (nSPS) is 14.6. The zero-order chi connectivity index (χ0) is 21.1. The third-order valence-corrected chi connectivity index (χ3v) is 7.51. The van der Waals surface area contributed by atoms with Gasteiger partial charge in [-0.25, -0.2) is 26.3 Å². The van der Waals surface area contributed by atoms with Crippen LogP contribution in [0.3, 0.4) is 0 Å². The van der Waals surface area contributed by atoms with Gasteiger partial charge in [0.1, 0.15) is 0 Å². The molecule has 0 heterocycles. The monoisotopic (exact) mass is 440 g/mol. The molecule has 0 saturated heterocycles. The van der Waals surface area contributed by atoms with Gasteiger partial charge in [0.25, 0.3) is 0 Å². The maximum atomic E-state index is 12.5. The van der Waals surface area contributed by atoms with Gasteiger partial charge in [-0.3, -0.25) is 0 Å². The SMILES string of the molecule is COc1ccc(CCNS(=O)(=O)c2ccc(S(=O)(=O)NC3CC3)cc2)cc1OC. The van der Waals surface area contributed by atoms with E-state index in [1.54, 1.807) is 19.2 Å². The number of nitrogens with one attached hydrogen (secondary N) is 2. The first-order chi connectivity index (χ1) is 13.7. The van der Waals surface area contributed by atoms with Crippen LogP contribution in [0.15, 0.2) is 52.3 Å². The summed E-state index contributed by atoms with van der Waals surface area (Å²) in [7, 11) is -4.28. The standard InChI is InChI=1S/C19H24N2O6S2/c1-26-18-10-3-14(13-19(18)27-2)11-12-20-28(22,23)16-6-8-17(9-7-16)29(24,25)21-15-4-5-15/h3,6-10,13,15,20-21H,4-5,11-12H2,1-2H3. The second-order valence-electron chi connectivity index (χ2n) is 6.70. The fraction of sp³-hybridized carbons (Fsp3) is 0.368. The summed E-state index contributed by atoms with van der Waals surface area (Å²) in [5, 5.41) is 0. The van der Waals surface area contributed by atoms with Crippen LogP contribution in [-0.2, 0) is 26.5 Å². The lowest BCUT2D eigenvalue weighted by molar-refractivity contribution is 0.354. The molecule has 10 heteroatoms. The van der Waals surface area contributed by atoms with Crippen molar-refractivity contribution in [3.63, 3.8) is 0 Å². The van der Waals surface area contributed by atoms with Crippen LogP contribution in [0.2, 0.25) is 0 Å². The lowest BCUT2D eigenvalue weighted by Crippen LogP contribution is -2.27. The van der Waals surface area contributed by atoms with Crippen LogP contribution in [0.1, 0.15) is 18.4 Å². The highest BCUT2D eigenvalue weighted by molar-refractivity contribution is 7.90. The molecule has 0 radical (unpaired) electrons. The molecule has 0 amide bonds. The molecule has 1 aliphatic rings. The first-order valence-electron chi connectivity index (χ1n) is 9.08. The van der Waals surface area contributed by atoms with Gasteiger partial charge in [0.05, 0.1) is 24.0 Å². The van der Waals surface area contributed by atoms with Crippen LogP contribution in [0.4, 0.5) is 0 Å². The summed E-state index contributed by atoms with van der Waals surface area (Å²) in [5.74, 6) is 1.17. The summed E-state index contributed by atoms with van der Waals surface area (Å²) in [6.45, 7) is 0.182. The minimum atomic E-state index is -3.75. The Hall–Kier alpha value is -2.14. The molecule has 2 aromatic rings. The van der Waals surface area contributed by atoms with E-state index >= 15 is 0 Å². The minimum absolute atomic E-state index is 0.00943. The maximum Gasteiger partial charge on any atom is 0.240 e. The molecule has 29 heavy (non-hydrogen) atoms. The molecule has 8 nitrogen and oxygen atoms in total. The zero-order valence-electron chi connectivity index (χ0n) is 16.2. The van der Waals surface area contributed by atoms with Crippen LogP contribution in [0, 0.1) is 0 Å². The number of hydrogen-bond acceptors (Lipinski definition) is 6. The van der Waals surface area contributed by atoms with Crippen LogP contribution in [0.5, 0.6) is 11.5 Å². The Kier molecular flexibility index (Phi) is 6.47. The molecular weight excluding hydrogens is 416 g/mol. The first-order valence-corrected chi connectivity index (χ1v) is 12.0. The van der Waals surface area contributed by atoms with Gasteiger partial charge in [0.2, 0.25) is 20.0 Å². The molecule has 1 saturated carbocycles. The number of methoxy groups -OCH3 is 2. The average Bonchev–Trinajstić information content (AvgIpc) is 3.51. The van der Waals surface area contributed by atoms with Gasteiger partial charge < -0.3 is 9.47 Å². The highest BCUT2D eigenvalue weighted by atomic mass is 32.2. The third kappa shape index (κ3) is 5.47. The van der Waals surface area contributed by atoms with Gasteiger partial charge in [-0.05, 0) is 61.2 Å². The Balaban J connectivity index is 1.62. The predicted octanol–water partition coefficient (Wildman–Crippen LogP) is 1.67. The molecule has 0 bridgehead atoms. The van der Waals surface area contributed by atoms with Crippen molar-refractivity contribution in [2.45, 2.75) is 35.1 Å². The van der Waals surface area contributed by atoms with E-state index in [2.05, 4.69) is 9.44 Å².